The molecule has 2 aromatic heterocycles. The summed E-state index contributed by atoms with van der Waals surface area (Å²) in [5, 5.41) is 14.4. The quantitative estimate of drug-likeness (QED) is 0.299. The molecule has 0 saturated carbocycles. The second kappa shape index (κ2) is 9.05. The maximum atomic E-state index is 12.1. The molecule has 1 aromatic carbocycles. The minimum atomic E-state index is -0.721. The number of hydrogen-bond acceptors (Lipinski definition) is 10. The first-order valence-electron chi connectivity index (χ1n) is 8.41. The largest absolute Gasteiger partial charge is 0.465 e. The number of aromatic nitrogens is 3. The van der Waals surface area contributed by atoms with Crippen molar-refractivity contribution < 1.29 is 19.2 Å². The first-order chi connectivity index (χ1) is 14.5. The number of methoxy groups -OCH3 is 1. The van der Waals surface area contributed by atoms with E-state index in [4.69, 9.17) is 4.74 Å². The Balaban J connectivity index is 1.88. The number of hydrazine groups is 1. The van der Waals surface area contributed by atoms with E-state index in [9.17, 15) is 19.7 Å². The van der Waals surface area contributed by atoms with E-state index in [1.165, 1.54) is 37.7 Å². The van der Waals surface area contributed by atoms with Crippen molar-refractivity contribution in [2.75, 3.05) is 17.9 Å². The van der Waals surface area contributed by atoms with Crippen LogP contribution in [0.2, 0.25) is 0 Å². The molecule has 0 aliphatic carbocycles. The highest BCUT2D eigenvalue weighted by molar-refractivity contribution is 5.97. The van der Waals surface area contributed by atoms with Gasteiger partial charge in [-0.3, -0.25) is 30.7 Å². The van der Waals surface area contributed by atoms with Gasteiger partial charge in [0.25, 0.3) is 5.91 Å². The lowest BCUT2D eigenvalue weighted by atomic mass is 10.2. The number of carbonyl (C=O) groups is 2. The van der Waals surface area contributed by atoms with Gasteiger partial charge in [0.2, 0.25) is 11.6 Å². The number of esters is 1. The van der Waals surface area contributed by atoms with Gasteiger partial charge in [-0.2, -0.15) is 0 Å². The Kier molecular flexibility index (Phi) is 6.08. The van der Waals surface area contributed by atoms with Crippen molar-refractivity contribution in [1.29, 1.82) is 0 Å². The van der Waals surface area contributed by atoms with Crippen LogP contribution in [0.1, 0.15) is 20.7 Å². The summed E-state index contributed by atoms with van der Waals surface area (Å²) >= 11 is 0. The van der Waals surface area contributed by atoms with Gasteiger partial charge in [-0.25, -0.2) is 14.8 Å². The molecule has 152 valence electrons. The van der Waals surface area contributed by atoms with E-state index >= 15 is 0 Å². The molecule has 3 aromatic rings. The van der Waals surface area contributed by atoms with Crippen LogP contribution in [0.5, 0.6) is 0 Å². The molecule has 3 N–H and O–H groups in total. The van der Waals surface area contributed by atoms with E-state index < -0.39 is 22.5 Å². The number of ether oxygens (including phenoxy) is 1. The maximum Gasteiger partial charge on any atom is 0.355 e. The van der Waals surface area contributed by atoms with Crippen LogP contribution in [-0.2, 0) is 4.74 Å². The molecule has 0 bridgehead atoms. The number of anilines is 3. The zero-order valence-corrected chi connectivity index (χ0v) is 15.5. The van der Waals surface area contributed by atoms with Crippen molar-refractivity contribution in [2.24, 2.45) is 0 Å². The van der Waals surface area contributed by atoms with Gasteiger partial charge < -0.3 is 10.1 Å². The normalized spacial score (nSPS) is 10.0. The monoisotopic (exact) mass is 409 g/mol. The number of rotatable bonds is 7. The summed E-state index contributed by atoms with van der Waals surface area (Å²) in [6.07, 6.45) is 3.90. The van der Waals surface area contributed by atoms with Gasteiger partial charge in [-0.1, -0.05) is 12.1 Å². The zero-order chi connectivity index (χ0) is 21.5. The molecular formula is C18H15N7O5. The summed E-state index contributed by atoms with van der Waals surface area (Å²) in [7, 11) is 1.22. The van der Waals surface area contributed by atoms with Gasteiger partial charge in [0.1, 0.15) is 6.33 Å². The molecule has 1 amide bonds. The van der Waals surface area contributed by atoms with E-state index in [0.29, 0.717) is 0 Å². The van der Waals surface area contributed by atoms with Gasteiger partial charge in [0, 0.05) is 12.4 Å². The van der Waals surface area contributed by atoms with Crippen molar-refractivity contribution in [3.05, 3.63) is 76.4 Å². The third-order valence-electron chi connectivity index (χ3n) is 3.81. The van der Waals surface area contributed by atoms with Crippen molar-refractivity contribution in [1.82, 2.24) is 20.4 Å². The van der Waals surface area contributed by atoms with E-state index in [2.05, 4.69) is 31.1 Å². The van der Waals surface area contributed by atoms with Gasteiger partial charge in [0.05, 0.1) is 28.8 Å². The minimum Gasteiger partial charge on any atom is -0.465 e. The molecule has 0 saturated heterocycles. The second-order valence-electron chi connectivity index (χ2n) is 5.66. The summed E-state index contributed by atoms with van der Waals surface area (Å²) in [5.74, 6) is -1.65. The number of nitrogens with one attached hydrogen (secondary N) is 3. The Morgan fingerprint density at radius 3 is 2.57 bits per heavy atom. The fourth-order valence-corrected chi connectivity index (χ4v) is 2.43. The molecule has 0 spiro atoms. The fraction of sp³-hybridized carbons (Fsp3) is 0.0556. The number of carbonyl (C=O) groups excluding carboxylic acids is 2. The first-order valence-corrected chi connectivity index (χ1v) is 8.41. The van der Waals surface area contributed by atoms with Crippen LogP contribution in [0, 0.1) is 10.1 Å². The number of para-hydroxylation sites is 1. The molecule has 0 radical (unpaired) electrons. The number of hydrogen-bond donors (Lipinski definition) is 3. The Labute approximate surface area is 169 Å². The van der Waals surface area contributed by atoms with Gasteiger partial charge in [-0.05, 0) is 24.3 Å². The lowest BCUT2D eigenvalue weighted by Gasteiger charge is -2.12. The smallest absolute Gasteiger partial charge is 0.355 e. The zero-order valence-electron chi connectivity index (χ0n) is 15.5. The van der Waals surface area contributed by atoms with Crippen LogP contribution in [0.3, 0.4) is 0 Å². The average Bonchev–Trinajstić information content (AvgIpc) is 2.77. The molecule has 3 rings (SSSR count). The van der Waals surface area contributed by atoms with Crippen LogP contribution in [0.15, 0.2) is 55.1 Å². The molecule has 0 unspecified atom stereocenters. The van der Waals surface area contributed by atoms with E-state index in [-0.39, 0.29) is 28.5 Å². The Morgan fingerprint density at radius 1 is 1.10 bits per heavy atom. The summed E-state index contributed by atoms with van der Waals surface area (Å²) in [5.41, 5.74) is 4.84. The molecule has 0 atom stereocenters. The third-order valence-corrected chi connectivity index (χ3v) is 3.81. The molecule has 0 aliphatic rings. The van der Waals surface area contributed by atoms with Crippen molar-refractivity contribution >= 4 is 34.9 Å². The maximum absolute atomic E-state index is 12.1. The standard InChI is InChI=1S/C18H15N7O5/c1-30-18(27)12-6-2-3-7-13(12)22-15-14(25(28)29)16(21-10-20-15)23-24-17(26)11-5-4-8-19-9-11/h2-10H,1H3,(H,24,26)(H2,20,21,22,23). The predicted molar refractivity (Wildman–Crippen MR) is 105 cm³/mol. The Bertz CT molecular complexity index is 1090. The predicted octanol–water partition coefficient (Wildman–Crippen LogP) is 2.07. The van der Waals surface area contributed by atoms with E-state index in [0.717, 1.165) is 6.33 Å². The van der Waals surface area contributed by atoms with Gasteiger partial charge in [0.15, 0.2) is 0 Å². The van der Waals surface area contributed by atoms with Crippen LogP contribution in [0.4, 0.5) is 23.0 Å². The van der Waals surface area contributed by atoms with Crippen LogP contribution in [-0.4, -0.2) is 38.9 Å². The minimum absolute atomic E-state index is 0.160. The number of nitrogens with zero attached hydrogens (tertiary/aromatic N) is 4. The van der Waals surface area contributed by atoms with Gasteiger partial charge in [-0.15, -0.1) is 0 Å². The number of nitro groups is 1. The van der Waals surface area contributed by atoms with Gasteiger partial charge >= 0.3 is 11.7 Å². The molecule has 12 nitrogen and oxygen atoms in total. The van der Waals surface area contributed by atoms with Crippen LogP contribution >= 0.6 is 0 Å². The molecule has 2 heterocycles. The highest BCUT2D eigenvalue weighted by Gasteiger charge is 2.25. The fourth-order valence-electron chi connectivity index (χ4n) is 2.43. The lowest BCUT2D eigenvalue weighted by Crippen LogP contribution is -2.30. The SMILES string of the molecule is COC(=O)c1ccccc1Nc1ncnc(NNC(=O)c2cccnc2)c1[N+](=O)[O-]. The number of benzene rings is 1. The molecular weight excluding hydrogens is 394 g/mol. The molecule has 12 heteroatoms. The number of amides is 1. The summed E-state index contributed by atoms with van der Waals surface area (Å²) < 4.78 is 4.71. The van der Waals surface area contributed by atoms with Crippen LogP contribution < -0.4 is 16.2 Å². The van der Waals surface area contributed by atoms with Crippen LogP contribution in [0.25, 0.3) is 0 Å². The summed E-state index contributed by atoms with van der Waals surface area (Å²) in [6.45, 7) is 0. The van der Waals surface area contributed by atoms with E-state index in [1.807, 2.05) is 0 Å². The molecule has 30 heavy (non-hydrogen) atoms. The lowest BCUT2D eigenvalue weighted by molar-refractivity contribution is -0.383. The topological polar surface area (TPSA) is 161 Å². The second-order valence-corrected chi connectivity index (χ2v) is 5.66. The van der Waals surface area contributed by atoms with Crippen molar-refractivity contribution in [2.45, 2.75) is 0 Å². The van der Waals surface area contributed by atoms with E-state index in [1.54, 1.807) is 18.2 Å². The Morgan fingerprint density at radius 2 is 1.87 bits per heavy atom. The first kappa shape index (κ1) is 20.1. The summed E-state index contributed by atoms with van der Waals surface area (Å²) in [6, 6.07) is 9.38. The highest BCUT2D eigenvalue weighted by atomic mass is 16.6. The average molecular weight is 409 g/mol. The Hall–Kier alpha value is -4.61. The summed E-state index contributed by atoms with van der Waals surface area (Å²) in [4.78, 5) is 46.5. The third kappa shape index (κ3) is 4.44. The highest BCUT2D eigenvalue weighted by Crippen LogP contribution is 2.31. The van der Waals surface area contributed by atoms with Crippen molar-refractivity contribution in [3.63, 3.8) is 0 Å². The number of pyridine rings is 1. The van der Waals surface area contributed by atoms with Crippen molar-refractivity contribution in [3.8, 4) is 0 Å². The molecule has 0 fully saturated rings. The molecule has 0 aliphatic heterocycles.